The van der Waals surface area contributed by atoms with E-state index in [0.29, 0.717) is 0 Å². The number of ether oxygens (including phenoxy) is 1. The van der Waals surface area contributed by atoms with Gasteiger partial charge in [-0.25, -0.2) is 0 Å². The van der Waals surface area contributed by atoms with Gasteiger partial charge in [-0.3, -0.25) is 0 Å². The molecule has 1 aromatic carbocycles. The molecule has 2 fully saturated rings. The predicted molar refractivity (Wildman–Crippen MR) is 72.1 cm³/mol. The van der Waals surface area contributed by atoms with Crippen LogP contribution >= 0.6 is 15.9 Å². The molecule has 2 N–H and O–H groups in total. The van der Waals surface area contributed by atoms with E-state index in [-0.39, 0.29) is 5.54 Å². The summed E-state index contributed by atoms with van der Waals surface area (Å²) in [5.41, 5.74) is 7.44. The Hall–Kier alpha value is -0.540. The van der Waals surface area contributed by atoms with Gasteiger partial charge in [0, 0.05) is 15.6 Å². The third-order valence-corrected chi connectivity index (χ3v) is 4.39. The third kappa shape index (κ3) is 2.36. The molecule has 0 atom stereocenters. The standard InChI is InChI=1S/C14H18BrNO/c15-11-4-5-13(17-9-10-2-3-10)12(8-11)14(16)6-1-7-14/h4-5,8,10H,1-3,6-7,9,16H2. The van der Waals surface area contributed by atoms with Gasteiger partial charge in [0.2, 0.25) is 0 Å². The Morgan fingerprint density at radius 3 is 2.71 bits per heavy atom. The van der Waals surface area contributed by atoms with Crippen LogP contribution in [0.15, 0.2) is 22.7 Å². The molecule has 0 unspecified atom stereocenters. The fraction of sp³-hybridized carbons (Fsp3) is 0.571. The van der Waals surface area contributed by atoms with E-state index in [1.807, 2.05) is 6.07 Å². The second-order valence-corrected chi connectivity index (χ2v) is 6.32. The number of halogens is 1. The zero-order chi connectivity index (χ0) is 11.9. The lowest BCUT2D eigenvalue weighted by atomic mass is 9.72. The fourth-order valence-electron chi connectivity index (χ4n) is 2.34. The van der Waals surface area contributed by atoms with Crippen LogP contribution in [0, 0.1) is 5.92 Å². The van der Waals surface area contributed by atoms with Gasteiger partial charge in [-0.2, -0.15) is 0 Å². The largest absolute Gasteiger partial charge is 0.493 e. The average Bonchev–Trinajstić information content (AvgIpc) is 3.08. The van der Waals surface area contributed by atoms with Crippen molar-refractivity contribution in [3.63, 3.8) is 0 Å². The van der Waals surface area contributed by atoms with Crippen LogP contribution in [0.2, 0.25) is 0 Å². The fourth-order valence-corrected chi connectivity index (χ4v) is 2.70. The topological polar surface area (TPSA) is 35.2 Å². The highest BCUT2D eigenvalue weighted by Gasteiger charge is 2.37. The second-order valence-electron chi connectivity index (χ2n) is 5.40. The van der Waals surface area contributed by atoms with E-state index in [4.69, 9.17) is 10.5 Å². The maximum Gasteiger partial charge on any atom is 0.124 e. The summed E-state index contributed by atoms with van der Waals surface area (Å²) < 4.78 is 7.02. The number of hydrogen-bond acceptors (Lipinski definition) is 2. The van der Waals surface area contributed by atoms with E-state index in [0.717, 1.165) is 35.6 Å². The molecule has 0 aromatic heterocycles. The molecule has 1 aromatic rings. The SMILES string of the molecule is NC1(c2cc(Br)ccc2OCC2CC2)CCC1. The maximum absolute atomic E-state index is 6.42. The summed E-state index contributed by atoms with van der Waals surface area (Å²) >= 11 is 3.52. The molecular weight excluding hydrogens is 278 g/mol. The molecule has 2 nitrogen and oxygen atoms in total. The first-order valence-corrected chi connectivity index (χ1v) is 7.18. The van der Waals surface area contributed by atoms with Gasteiger partial charge in [0.15, 0.2) is 0 Å². The number of nitrogens with two attached hydrogens (primary N) is 1. The van der Waals surface area contributed by atoms with Crippen molar-refractivity contribution in [1.82, 2.24) is 0 Å². The van der Waals surface area contributed by atoms with E-state index in [1.165, 1.54) is 24.8 Å². The van der Waals surface area contributed by atoms with Crippen LogP contribution in [0.1, 0.15) is 37.7 Å². The van der Waals surface area contributed by atoms with Crippen molar-refractivity contribution in [2.24, 2.45) is 11.7 Å². The Labute approximate surface area is 111 Å². The highest BCUT2D eigenvalue weighted by atomic mass is 79.9. The third-order valence-electron chi connectivity index (χ3n) is 3.90. The molecule has 0 bridgehead atoms. The monoisotopic (exact) mass is 295 g/mol. The smallest absolute Gasteiger partial charge is 0.124 e. The van der Waals surface area contributed by atoms with Crippen LogP contribution in [0.5, 0.6) is 5.75 Å². The Morgan fingerprint density at radius 2 is 2.12 bits per heavy atom. The molecule has 2 aliphatic rings. The van der Waals surface area contributed by atoms with Crippen LogP contribution < -0.4 is 10.5 Å². The molecule has 0 heterocycles. The minimum atomic E-state index is -0.150. The van der Waals surface area contributed by atoms with Crippen molar-refractivity contribution in [2.45, 2.75) is 37.6 Å². The molecule has 0 aliphatic heterocycles. The van der Waals surface area contributed by atoms with Gasteiger partial charge in [-0.1, -0.05) is 15.9 Å². The summed E-state index contributed by atoms with van der Waals surface area (Å²) in [4.78, 5) is 0. The van der Waals surface area contributed by atoms with Crippen LogP contribution in [-0.2, 0) is 5.54 Å². The van der Waals surface area contributed by atoms with Crippen LogP contribution in [0.3, 0.4) is 0 Å². The minimum absolute atomic E-state index is 0.150. The quantitative estimate of drug-likeness (QED) is 0.921. The highest BCUT2D eigenvalue weighted by molar-refractivity contribution is 9.10. The molecular formula is C14H18BrNO. The van der Waals surface area contributed by atoms with Crippen LogP contribution in [0.4, 0.5) is 0 Å². The Kier molecular flexibility index (Phi) is 2.91. The van der Waals surface area contributed by atoms with Gasteiger partial charge in [0.05, 0.1) is 6.61 Å². The summed E-state index contributed by atoms with van der Waals surface area (Å²) in [5, 5.41) is 0. The van der Waals surface area contributed by atoms with E-state index < -0.39 is 0 Å². The van der Waals surface area contributed by atoms with E-state index in [2.05, 4.69) is 28.1 Å². The first-order valence-electron chi connectivity index (χ1n) is 6.39. The highest BCUT2D eigenvalue weighted by Crippen LogP contribution is 2.44. The lowest BCUT2D eigenvalue weighted by molar-refractivity contribution is 0.231. The molecule has 3 rings (SSSR count). The lowest BCUT2D eigenvalue weighted by Gasteiger charge is -2.39. The van der Waals surface area contributed by atoms with Gasteiger partial charge in [0.1, 0.15) is 5.75 Å². The number of benzene rings is 1. The lowest BCUT2D eigenvalue weighted by Crippen LogP contribution is -2.43. The Bertz CT molecular complexity index is 424. The van der Waals surface area contributed by atoms with Gasteiger partial charge in [-0.15, -0.1) is 0 Å². The molecule has 17 heavy (non-hydrogen) atoms. The van der Waals surface area contributed by atoms with Gasteiger partial charge >= 0.3 is 0 Å². The van der Waals surface area contributed by atoms with Crippen molar-refractivity contribution in [3.05, 3.63) is 28.2 Å². The van der Waals surface area contributed by atoms with E-state index in [1.54, 1.807) is 0 Å². The summed E-state index contributed by atoms with van der Waals surface area (Å²) in [7, 11) is 0. The molecule has 0 saturated heterocycles. The van der Waals surface area contributed by atoms with E-state index >= 15 is 0 Å². The number of rotatable bonds is 4. The first kappa shape index (κ1) is 11.5. The summed E-state index contributed by atoms with van der Waals surface area (Å²) in [6, 6.07) is 6.21. The van der Waals surface area contributed by atoms with Crippen molar-refractivity contribution >= 4 is 15.9 Å². The predicted octanol–water partition coefficient (Wildman–Crippen LogP) is 3.58. The van der Waals surface area contributed by atoms with Crippen molar-refractivity contribution in [1.29, 1.82) is 0 Å². The van der Waals surface area contributed by atoms with Gasteiger partial charge < -0.3 is 10.5 Å². The zero-order valence-corrected chi connectivity index (χ0v) is 11.5. The molecule has 3 heteroatoms. The van der Waals surface area contributed by atoms with E-state index in [9.17, 15) is 0 Å². The van der Waals surface area contributed by atoms with Crippen LogP contribution in [0.25, 0.3) is 0 Å². The van der Waals surface area contributed by atoms with Gasteiger partial charge in [-0.05, 0) is 56.2 Å². The number of hydrogen-bond donors (Lipinski definition) is 1. The Morgan fingerprint density at radius 1 is 1.35 bits per heavy atom. The van der Waals surface area contributed by atoms with Crippen molar-refractivity contribution in [3.8, 4) is 5.75 Å². The average molecular weight is 296 g/mol. The normalized spacial score (nSPS) is 22.0. The van der Waals surface area contributed by atoms with Crippen molar-refractivity contribution in [2.75, 3.05) is 6.61 Å². The summed E-state index contributed by atoms with van der Waals surface area (Å²) in [6.45, 7) is 0.852. The summed E-state index contributed by atoms with van der Waals surface area (Å²) in [6.07, 6.45) is 6.01. The molecule has 0 radical (unpaired) electrons. The summed E-state index contributed by atoms with van der Waals surface area (Å²) in [5.74, 6) is 1.77. The zero-order valence-electron chi connectivity index (χ0n) is 9.92. The maximum atomic E-state index is 6.42. The first-order chi connectivity index (χ1) is 8.17. The van der Waals surface area contributed by atoms with Gasteiger partial charge in [0.25, 0.3) is 0 Å². The minimum Gasteiger partial charge on any atom is -0.493 e. The molecule has 0 amide bonds. The molecule has 2 saturated carbocycles. The second kappa shape index (κ2) is 4.29. The molecule has 0 spiro atoms. The van der Waals surface area contributed by atoms with Crippen molar-refractivity contribution < 1.29 is 4.74 Å². The van der Waals surface area contributed by atoms with Crippen LogP contribution in [-0.4, -0.2) is 6.61 Å². The molecule has 92 valence electrons. The Balaban J connectivity index is 1.84. The molecule has 2 aliphatic carbocycles.